The van der Waals surface area contributed by atoms with Crippen LogP contribution in [0.1, 0.15) is 38.5 Å². The molecule has 16 heavy (non-hydrogen) atoms. The van der Waals surface area contributed by atoms with E-state index >= 15 is 0 Å². The number of piperidine rings is 1. The minimum Gasteiger partial charge on any atom is -0.317 e. The van der Waals surface area contributed by atoms with Crippen LogP contribution in [0, 0.1) is 17.8 Å². The van der Waals surface area contributed by atoms with Crippen molar-refractivity contribution in [2.45, 2.75) is 38.5 Å². The highest BCUT2D eigenvalue weighted by Crippen LogP contribution is 2.38. The predicted octanol–water partition coefficient (Wildman–Crippen LogP) is 2.35. The lowest BCUT2D eigenvalue weighted by Gasteiger charge is -2.36. The number of rotatable bonds is 4. The lowest BCUT2D eigenvalue weighted by Crippen LogP contribution is -2.38. The fourth-order valence-corrected chi connectivity index (χ4v) is 3.76. The highest BCUT2D eigenvalue weighted by Gasteiger charge is 2.32. The van der Waals surface area contributed by atoms with Crippen molar-refractivity contribution in [1.29, 1.82) is 0 Å². The van der Waals surface area contributed by atoms with Crippen molar-refractivity contribution in [2.24, 2.45) is 17.8 Å². The summed E-state index contributed by atoms with van der Waals surface area (Å²) in [7, 11) is 4.48. The van der Waals surface area contributed by atoms with E-state index in [4.69, 9.17) is 0 Å². The zero-order valence-electron chi connectivity index (χ0n) is 11.0. The van der Waals surface area contributed by atoms with Gasteiger partial charge >= 0.3 is 0 Å². The van der Waals surface area contributed by atoms with Crippen LogP contribution in [-0.2, 0) is 0 Å². The Bertz CT molecular complexity index is 191. The molecular formula is C14H28N2. The van der Waals surface area contributed by atoms with Crippen molar-refractivity contribution in [2.75, 3.05) is 33.7 Å². The molecule has 1 N–H and O–H groups in total. The highest BCUT2D eigenvalue weighted by atomic mass is 15.1. The summed E-state index contributed by atoms with van der Waals surface area (Å²) in [6.45, 7) is 3.82. The monoisotopic (exact) mass is 224 g/mol. The second-order valence-electron chi connectivity index (χ2n) is 6.06. The molecule has 94 valence electrons. The summed E-state index contributed by atoms with van der Waals surface area (Å²) in [5, 5.41) is 3.50. The summed E-state index contributed by atoms with van der Waals surface area (Å²) in [5.41, 5.74) is 0. The summed E-state index contributed by atoms with van der Waals surface area (Å²) in [6, 6.07) is 0. The van der Waals surface area contributed by atoms with Crippen molar-refractivity contribution in [3.05, 3.63) is 0 Å². The standard InChI is InChI=1S/C14H28N2/c1-16(2)11-14(12-5-3-4-6-12)13-7-9-15-10-8-13/h12-15H,3-11H2,1-2H3. The number of hydrogen-bond donors (Lipinski definition) is 1. The van der Waals surface area contributed by atoms with Crippen LogP contribution in [0.25, 0.3) is 0 Å². The molecule has 0 spiro atoms. The van der Waals surface area contributed by atoms with Crippen LogP contribution < -0.4 is 5.32 Å². The van der Waals surface area contributed by atoms with Gasteiger partial charge in [-0.1, -0.05) is 25.7 Å². The maximum absolute atomic E-state index is 3.50. The van der Waals surface area contributed by atoms with Gasteiger partial charge in [0.05, 0.1) is 0 Å². The highest BCUT2D eigenvalue weighted by molar-refractivity contribution is 4.84. The van der Waals surface area contributed by atoms with Crippen LogP contribution in [0.15, 0.2) is 0 Å². The van der Waals surface area contributed by atoms with E-state index in [1.165, 1.54) is 58.2 Å². The van der Waals surface area contributed by atoms with E-state index in [9.17, 15) is 0 Å². The normalized spacial score (nSPS) is 26.4. The fraction of sp³-hybridized carbons (Fsp3) is 1.00. The Morgan fingerprint density at radius 1 is 1.00 bits per heavy atom. The second-order valence-corrected chi connectivity index (χ2v) is 6.06. The Morgan fingerprint density at radius 3 is 2.12 bits per heavy atom. The van der Waals surface area contributed by atoms with Gasteiger partial charge in [-0.2, -0.15) is 0 Å². The number of nitrogens with one attached hydrogen (secondary N) is 1. The Morgan fingerprint density at radius 2 is 1.56 bits per heavy atom. The first-order chi connectivity index (χ1) is 7.77. The maximum Gasteiger partial charge on any atom is 0.000887 e. The van der Waals surface area contributed by atoms with Crippen LogP contribution >= 0.6 is 0 Å². The van der Waals surface area contributed by atoms with E-state index in [0.717, 1.165) is 17.8 Å². The summed E-state index contributed by atoms with van der Waals surface area (Å²) >= 11 is 0. The van der Waals surface area contributed by atoms with Gasteiger partial charge in [-0.15, -0.1) is 0 Å². The Kier molecular flexibility index (Phi) is 4.66. The van der Waals surface area contributed by atoms with Crippen molar-refractivity contribution in [3.63, 3.8) is 0 Å². The van der Waals surface area contributed by atoms with Crippen molar-refractivity contribution in [3.8, 4) is 0 Å². The molecule has 1 heterocycles. The van der Waals surface area contributed by atoms with Gasteiger partial charge in [0.25, 0.3) is 0 Å². The van der Waals surface area contributed by atoms with E-state index in [1.807, 2.05) is 0 Å². The SMILES string of the molecule is CN(C)CC(C1CCCC1)C1CCNCC1. The first kappa shape index (κ1) is 12.4. The molecule has 1 aliphatic carbocycles. The molecule has 1 saturated heterocycles. The summed E-state index contributed by atoms with van der Waals surface area (Å²) in [6.07, 6.45) is 8.80. The Balaban J connectivity index is 1.94. The van der Waals surface area contributed by atoms with E-state index in [0.29, 0.717) is 0 Å². The molecule has 1 unspecified atom stereocenters. The molecule has 0 radical (unpaired) electrons. The van der Waals surface area contributed by atoms with E-state index < -0.39 is 0 Å². The van der Waals surface area contributed by atoms with E-state index in [1.54, 1.807) is 0 Å². The smallest absolute Gasteiger partial charge is 0.000887 e. The van der Waals surface area contributed by atoms with E-state index in [2.05, 4.69) is 24.3 Å². The average molecular weight is 224 g/mol. The summed E-state index contributed by atoms with van der Waals surface area (Å²) in [5.74, 6) is 3.00. The number of hydrogen-bond acceptors (Lipinski definition) is 2. The van der Waals surface area contributed by atoms with Gasteiger partial charge in [-0.3, -0.25) is 0 Å². The third kappa shape index (κ3) is 3.21. The number of nitrogens with zero attached hydrogens (tertiary/aromatic N) is 1. The van der Waals surface area contributed by atoms with Gasteiger partial charge in [0.1, 0.15) is 0 Å². The van der Waals surface area contributed by atoms with Gasteiger partial charge in [-0.05, 0) is 57.8 Å². The van der Waals surface area contributed by atoms with Crippen molar-refractivity contribution >= 4 is 0 Å². The Hall–Kier alpha value is -0.0800. The van der Waals surface area contributed by atoms with Crippen LogP contribution in [0.4, 0.5) is 0 Å². The van der Waals surface area contributed by atoms with Gasteiger partial charge < -0.3 is 10.2 Å². The molecule has 0 amide bonds. The molecule has 1 atom stereocenters. The Labute approximate surface area is 101 Å². The lowest BCUT2D eigenvalue weighted by molar-refractivity contribution is 0.146. The largest absolute Gasteiger partial charge is 0.317 e. The van der Waals surface area contributed by atoms with E-state index in [-0.39, 0.29) is 0 Å². The van der Waals surface area contributed by atoms with Crippen LogP contribution in [0.2, 0.25) is 0 Å². The average Bonchev–Trinajstić information content (AvgIpc) is 2.80. The third-order valence-corrected chi connectivity index (χ3v) is 4.57. The quantitative estimate of drug-likeness (QED) is 0.788. The molecule has 1 aliphatic heterocycles. The predicted molar refractivity (Wildman–Crippen MR) is 69.6 cm³/mol. The molecule has 2 fully saturated rings. The third-order valence-electron chi connectivity index (χ3n) is 4.57. The minimum absolute atomic E-state index is 0.972. The molecule has 0 bridgehead atoms. The van der Waals surface area contributed by atoms with Crippen molar-refractivity contribution < 1.29 is 0 Å². The second kappa shape index (κ2) is 6.02. The zero-order valence-corrected chi connectivity index (χ0v) is 11.0. The summed E-state index contributed by atoms with van der Waals surface area (Å²) < 4.78 is 0. The van der Waals surface area contributed by atoms with Gasteiger partial charge in [0, 0.05) is 6.54 Å². The minimum atomic E-state index is 0.972. The van der Waals surface area contributed by atoms with Crippen LogP contribution in [0.3, 0.4) is 0 Å². The molecule has 0 aromatic carbocycles. The topological polar surface area (TPSA) is 15.3 Å². The van der Waals surface area contributed by atoms with Gasteiger partial charge in [0.15, 0.2) is 0 Å². The molecule has 2 heteroatoms. The summed E-state index contributed by atoms with van der Waals surface area (Å²) in [4.78, 5) is 2.41. The van der Waals surface area contributed by atoms with Gasteiger partial charge in [-0.25, -0.2) is 0 Å². The fourth-order valence-electron chi connectivity index (χ4n) is 3.76. The molecule has 1 saturated carbocycles. The molecule has 2 aliphatic rings. The van der Waals surface area contributed by atoms with Gasteiger partial charge in [0.2, 0.25) is 0 Å². The lowest BCUT2D eigenvalue weighted by atomic mass is 9.76. The molecule has 2 rings (SSSR count). The zero-order chi connectivity index (χ0) is 11.4. The molecular weight excluding hydrogens is 196 g/mol. The van der Waals surface area contributed by atoms with Crippen LogP contribution in [0.5, 0.6) is 0 Å². The molecule has 0 aromatic heterocycles. The maximum atomic E-state index is 3.50. The first-order valence-electron chi connectivity index (χ1n) is 7.13. The first-order valence-corrected chi connectivity index (χ1v) is 7.13. The molecule has 0 aromatic rings. The van der Waals surface area contributed by atoms with Crippen molar-refractivity contribution in [1.82, 2.24) is 10.2 Å². The molecule has 2 nitrogen and oxygen atoms in total. The van der Waals surface area contributed by atoms with Crippen LogP contribution in [-0.4, -0.2) is 38.6 Å².